The number of fused-ring (bicyclic) bond motifs is 5. The van der Waals surface area contributed by atoms with Crippen LogP contribution in [0, 0.1) is 0 Å². The lowest BCUT2D eigenvalue weighted by Crippen LogP contribution is -2.10. The van der Waals surface area contributed by atoms with Gasteiger partial charge in [-0.25, -0.2) is 0 Å². The predicted molar refractivity (Wildman–Crippen MR) is 272 cm³/mol. The van der Waals surface area contributed by atoms with Gasteiger partial charge in [0.2, 0.25) is 0 Å². The molecule has 0 N–H and O–H groups in total. The van der Waals surface area contributed by atoms with Gasteiger partial charge in [0.05, 0.1) is 0 Å². The summed E-state index contributed by atoms with van der Waals surface area (Å²) in [7, 11) is 0. The summed E-state index contributed by atoms with van der Waals surface area (Å²) >= 11 is 0. The number of aromatic nitrogens is 1. The lowest BCUT2D eigenvalue weighted by Gasteiger charge is -2.20. The first kappa shape index (κ1) is 38.7. The third-order valence-corrected chi connectivity index (χ3v) is 13.4. The number of rotatable bonds is 7. The molecule has 1 aromatic heterocycles. The maximum atomic E-state index is 2.45. The van der Waals surface area contributed by atoms with Gasteiger partial charge in [-0.05, 0) is 155 Å². The van der Waals surface area contributed by atoms with Gasteiger partial charge in [-0.1, -0.05) is 185 Å². The molecule has 11 rings (SSSR count). The maximum Gasteiger partial charge on any atom is 0.0491 e. The standard InChI is InChI=1S/C62H51N/c1-5-63-58-35-31-50(37-54(58)55-40-51(62(2,3)4)32-36-59(55)63)45-23-21-43(22-24-45)44-25-27-47(28-26-44)61-53-34-30-48(41-15-9-6-10-16-41)38-56(53)60(46-19-13-8-14-20-46)52-33-29-49(39-57(52)61)42-17-11-7-12-18-42/h6-9,11-15,17-40H,5,10,16H2,1-4H3. The average molecular weight is 810 g/mol. The van der Waals surface area contributed by atoms with Gasteiger partial charge in [-0.3, -0.25) is 0 Å². The van der Waals surface area contributed by atoms with E-state index in [1.54, 1.807) is 0 Å². The molecule has 0 radical (unpaired) electrons. The lowest BCUT2D eigenvalue weighted by atomic mass is 9.83. The zero-order valence-corrected chi connectivity index (χ0v) is 36.6. The first-order chi connectivity index (χ1) is 30.8. The largest absolute Gasteiger partial charge is 0.341 e. The summed E-state index contributed by atoms with van der Waals surface area (Å²) in [5.74, 6) is 0. The molecule has 9 aromatic carbocycles. The van der Waals surface area contributed by atoms with Crippen molar-refractivity contribution in [3.05, 3.63) is 211 Å². The fourth-order valence-corrected chi connectivity index (χ4v) is 10.1. The van der Waals surface area contributed by atoms with E-state index >= 15 is 0 Å². The summed E-state index contributed by atoms with van der Waals surface area (Å²) < 4.78 is 2.45. The second-order valence-electron chi connectivity index (χ2n) is 18.3. The Labute approximate surface area is 371 Å². The van der Waals surface area contributed by atoms with Crippen molar-refractivity contribution in [1.82, 2.24) is 4.57 Å². The number of aryl methyl sites for hydroxylation is 1. The molecule has 0 fully saturated rings. The van der Waals surface area contributed by atoms with Crippen molar-refractivity contribution in [2.45, 2.75) is 52.5 Å². The summed E-state index contributed by atoms with van der Waals surface area (Å²) in [5.41, 5.74) is 19.1. The second kappa shape index (κ2) is 15.6. The van der Waals surface area contributed by atoms with Crippen LogP contribution in [0.15, 0.2) is 200 Å². The van der Waals surface area contributed by atoms with Crippen molar-refractivity contribution in [3.8, 4) is 55.6 Å². The minimum absolute atomic E-state index is 0.0928. The van der Waals surface area contributed by atoms with E-state index < -0.39 is 0 Å². The Balaban J connectivity index is 1.02. The summed E-state index contributed by atoms with van der Waals surface area (Å²) in [4.78, 5) is 0. The lowest BCUT2D eigenvalue weighted by molar-refractivity contribution is 0.591. The maximum absolute atomic E-state index is 2.45. The molecule has 63 heavy (non-hydrogen) atoms. The van der Waals surface area contributed by atoms with Crippen LogP contribution in [0.4, 0.5) is 0 Å². The zero-order valence-electron chi connectivity index (χ0n) is 36.6. The molecule has 1 heteroatoms. The topological polar surface area (TPSA) is 4.93 Å². The molecule has 0 saturated carbocycles. The monoisotopic (exact) mass is 809 g/mol. The van der Waals surface area contributed by atoms with Crippen molar-refractivity contribution in [3.63, 3.8) is 0 Å². The van der Waals surface area contributed by atoms with E-state index in [0.717, 1.165) is 19.4 Å². The van der Waals surface area contributed by atoms with Gasteiger partial charge in [0.25, 0.3) is 0 Å². The van der Waals surface area contributed by atoms with Crippen LogP contribution in [0.3, 0.4) is 0 Å². The van der Waals surface area contributed by atoms with E-state index in [-0.39, 0.29) is 5.41 Å². The third-order valence-electron chi connectivity index (χ3n) is 13.4. The van der Waals surface area contributed by atoms with Crippen LogP contribution >= 0.6 is 0 Å². The van der Waals surface area contributed by atoms with Gasteiger partial charge in [-0.15, -0.1) is 0 Å². The molecule has 1 aliphatic carbocycles. The molecule has 0 spiro atoms. The third kappa shape index (κ3) is 6.89. The Morgan fingerprint density at radius 3 is 1.43 bits per heavy atom. The SMILES string of the molecule is CCn1c2ccc(-c3ccc(-c4ccc(-c5c6ccc(C7=CC=CCC7)cc6c(-c6ccccc6)c6ccc(-c7ccccc7)cc56)cc4)cc3)cc2c2cc(C(C)(C)C)ccc21. The van der Waals surface area contributed by atoms with Gasteiger partial charge in [-0.2, -0.15) is 0 Å². The number of nitrogens with zero attached hydrogens (tertiary/aromatic N) is 1. The van der Waals surface area contributed by atoms with Crippen molar-refractivity contribution in [1.29, 1.82) is 0 Å². The normalized spacial score (nSPS) is 13.0. The Kier molecular flexibility index (Phi) is 9.58. The van der Waals surface area contributed by atoms with Gasteiger partial charge >= 0.3 is 0 Å². The summed E-state index contributed by atoms with van der Waals surface area (Å²) in [6, 6.07) is 68.4. The predicted octanol–water partition coefficient (Wildman–Crippen LogP) is 17.5. The molecule has 304 valence electrons. The Morgan fingerprint density at radius 1 is 0.413 bits per heavy atom. The number of hydrogen-bond acceptors (Lipinski definition) is 0. The van der Waals surface area contributed by atoms with Crippen molar-refractivity contribution in [2.24, 2.45) is 0 Å². The highest BCUT2D eigenvalue weighted by Gasteiger charge is 2.20. The molecule has 1 nitrogen and oxygen atoms in total. The minimum atomic E-state index is 0.0928. The highest BCUT2D eigenvalue weighted by atomic mass is 15.0. The first-order valence-electron chi connectivity index (χ1n) is 22.6. The summed E-state index contributed by atoms with van der Waals surface area (Å²) in [6.07, 6.45) is 8.91. The van der Waals surface area contributed by atoms with E-state index in [1.165, 1.54) is 116 Å². The second-order valence-corrected chi connectivity index (χ2v) is 18.3. The van der Waals surface area contributed by atoms with E-state index in [1.807, 2.05) is 0 Å². The summed E-state index contributed by atoms with van der Waals surface area (Å²) in [5, 5.41) is 7.75. The molecule has 0 unspecified atom stereocenters. The molecule has 1 heterocycles. The highest BCUT2D eigenvalue weighted by molar-refractivity contribution is 6.22. The van der Waals surface area contributed by atoms with Gasteiger partial charge in [0, 0.05) is 28.4 Å². The molecule has 0 aliphatic heterocycles. The van der Waals surface area contributed by atoms with Crippen LogP contribution in [0.5, 0.6) is 0 Å². The highest BCUT2D eigenvalue weighted by Crippen LogP contribution is 2.46. The van der Waals surface area contributed by atoms with Crippen LogP contribution in [-0.2, 0) is 12.0 Å². The van der Waals surface area contributed by atoms with Crippen LogP contribution in [0.2, 0.25) is 0 Å². The smallest absolute Gasteiger partial charge is 0.0491 e. The first-order valence-corrected chi connectivity index (χ1v) is 22.6. The Morgan fingerprint density at radius 2 is 0.857 bits per heavy atom. The zero-order chi connectivity index (χ0) is 42.7. The van der Waals surface area contributed by atoms with E-state index in [2.05, 4.69) is 232 Å². The fraction of sp³-hybridized carbons (Fsp3) is 0.129. The molecule has 0 amide bonds. The van der Waals surface area contributed by atoms with Crippen molar-refractivity contribution >= 4 is 48.9 Å². The number of allylic oxidation sites excluding steroid dienone is 4. The summed E-state index contributed by atoms with van der Waals surface area (Å²) in [6.45, 7) is 10.1. The van der Waals surface area contributed by atoms with Crippen LogP contribution in [-0.4, -0.2) is 4.57 Å². The fourth-order valence-electron chi connectivity index (χ4n) is 10.1. The minimum Gasteiger partial charge on any atom is -0.341 e. The van der Waals surface area contributed by atoms with Crippen molar-refractivity contribution < 1.29 is 0 Å². The molecule has 1 aliphatic rings. The van der Waals surface area contributed by atoms with E-state index in [4.69, 9.17) is 0 Å². The van der Waals surface area contributed by atoms with Gasteiger partial charge < -0.3 is 4.57 Å². The quantitative estimate of drug-likeness (QED) is 0.141. The van der Waals surface area contributed by atoms with Crippen LogP contribution in [0.25, 0.3) is 105 Å². The van der Waals surface area contributed by atoms with Gasteiger partial charge in [0.1, 0.15) is 0 Å². The van der Waals surface area contributed by atoms with Gasteiger partial charge in [0.15, 0.2) is 0 Å². The Bertz CT molecular complexity index is 3410. The Hall–Kier alpha value is -7.22. The molecule has 0 saturated heterocycles. The molecular weight excluding hydrogens is 759 g/mol. The van der Waals surface area contributed by atoms with Crippen molar-refractivity contribution in [2.75, 3.05) is 0 Å². The van der Waals surface area contributed by atoms with E-state index in [0.29, 0.717) is 0 Å². The number of benzene rings is 9. The van der Waals surface area contributed by atoms with E-state index in [9.17, 15) is 0 Å². The van der Waals surface area contributed by atoms with Crippen LogP contribution in [0.1, 0.15) is 51.7 Å². The number of hydrogen-bond donors (Lipinski definition) is 0. The average Bonchev–Trinajstić information content (AvgIpc) is 3.66. The molecule has 10 aromatic rings. The van der Waals surface area contributed by atoms with Crippen LogP contribution < -0.4 is 0 Å². The molecule has 0 atom stereocenters. The molecule has 0 bridgehead atoms. The molecular formula is C62H51N.